The van der Waals surface area contributed by atoms with Crippen LogP contribution in [0.15, 0.2) is 36.4 Å². The van der Waals surface area contributed by atoms with Gasteiger partial charge in [0.1, 0.15) is 0 Å². The lowest BCUT2D eigenvalue weighted by Crippen LogP contribution is -1.90. The van der Waals surface area contributed by atoms with Gasteiger partial charge in [0.2, 0.25) is 0 Å². The van der Waals surface area contributed by atoms with E-state index in [-0.39, 0.29) is 0 Å². The van der Waals surface area contributed by atoms with E-state index in [4.69, 9.17) is 5.73 Å². The average Bonchev–Trinajstić information content (AvgIpc) is 2.49. The third-order valence-corrected chi connectivity index (χ3v) is 2.61. The van der Waals surface area contributed by atoms with E-state index in [1.54, 1.807) is 0 Å². The van der Waals surface area contributed by atoms with Gasteiger partial charge >= 0.3 is 0 Å². The first kappa shape index (κ1) is 15.9. The third kappa shape index (κ3) is 3.44. The maximum absolute atomic E-state index is 5.72. The van der Waals surface area contributed by atoms with Crippen molar-refractivity contribution in [3.63, 3.8) is 0 Å². The Morgan fingerprint density at radius 1 is 0.700 bits per heavy atom. The van der Waals surface area contributed by atoms with Gasteiger partial charge in [-0.25, -0.2) is 9.97 Å². The molecule has 0 spiro atoms. The number of nitrogens with two attached hydrogens (primary N) is 1. The highest BCUT2D eigenvalue weighted by Gasteiger charge is 2.01. The Hall–Kier alpha value is -2.16. The molecule has 3 nitrogen and oxygen atoms in total. The molecule has 0 saturated heterocycles. The summed E-state index contributed by atoms with van der Waals surface area (Å²) in [6.07, 6.45) is 0. The fourth-order valence-corrected chi connectivity index (χ4v) is 1.80. The summed E-state index contributed by atoms with van der Waals surface area (Å²) in [5, 5.41) is 0. The molecule has 1 aromatic heterocycles. The maximum Gasteiger partial charge on any atom is 0.0915 e. The van der Waals surface area contributed by atoms with E-state index in [0.29, 0.717) is 5.69 Å². The zero-order valence-corrected chi connectivity index (χ0v) is 12.9. The Balaban J connectivity index is 0.000000461. The molecule has 3 aromatic rings. The van der Waals surface area contributed by atoms with Crippen LogP contribution >= 0.6 is 0 Å². The molecule has 2 N–H and O–H groups in total. The van der Waals surface area contributed by atoms with Gasteiger partial charge in [0.05, 0.1) is 22.1 Å². The summed E-state index contributed by atoms with van der Waals surface area (Å²) in [6.45, 7) is 10.0. The number of nitrogen functional groups attached to an aromatic ring is 1. The molecule has 0 fully saturated rings. The number of rotatable bonds is 0. The van der Waals surface area contributed by atoms with Gasteiger partial charge < -0.3 is 5.73 Å². The first-order valence-electron chi connectivity index (χ1n) is 7.16. The van der Waals surface area contributed by atoms with Gasteiger partial charge in [-0.05, 0) is 42.8 Å². The summed E-state index contributed by atoms with van der Waals surface area (Å²) < 4.78 is 0. The number of anilines is 1. The van der Waals surface area contributed by atoms with Gasteiger partial charge in [-0.15, -0.1) is 0 Å². The van der Waals surface area contributed by atoms with Crippen LogP contribution in [0.25, 0.3) is 22.1 Å². The largest absolute Gasteiger partial charge is 0.399 e. The van der Waals surface area contributed by atoms with Crippen LogP contribution in [-0.4, -0.2) is 9.97 Å². The van der Waals surface area contributed by atoms with Crippen LogP contribution in [0.1, 0.15) is 33.3 Å². The maximum atomic E-state index is 5.72. The minimum atomic E-state index is 0.716. The molecular formula is C17H23N3. The second-order valence-electron chi connectivity index (χ2n) is 3.96. The van der Waals surface area contributed by atoms with Crippen LogP contribution in [0.5, 0.6) is 0 Å². The topological polar surface area (TPSA) is 51.8 Å². The molecule has 1 heterocycles. The van der Waals surface area contributed by atoms with E-state index in [1.165, 1.54) is 5.56 Å². The molecule has 0 bridgehead atoms. The van der Waals surface area contributed by atoms with Crippen molar-refractivity contribution in [2.24, 2.45) is 0 Å². The fourth-order valence-electron chi connectivity index (χ4n) is 1.80. The molecule has 0 aliphatic heterocycles. The molecule has 20 heavy (non-hydrogen) atoms. The highest BCUT2D eigenvalue weighted by molar-refractivity contribution is 5.87. The van der Waals surface area contributed by atoms with Gasteiger partial charge in [-0.3, -0.25) is 0 Å². The van der Waals surface area contributed by atoms with Crippen molar-refractivity contribution < 1.29 is 0 Å². The number of hydrogen-bond acceptors (Lipinski definition) is 3. The Labute approximate surface area is 120 Å². The molecule has 3 heteroatoms. The summed E-state index contributed by atoms with van der Waals surface area (Å²) in [5.41, 5.74) is 11.2. The number of aryl methyl sites for hydroxylation is 1. The average molecular weight is 269 g/mol. The number of aromatic nitrogens is 2. The molecule has 106 valence electrons. The van der Waals surface area contributed by atoms with Gasteiger partial charge in [0.15, 0.2) is 0 Å². The number of hydrogen-bond donors (Lipinski definition) is 1. The summed E-state index contributed by atoms with van der Waals surface area (Å²) in [4.78, 5) is 9.10. The normalized spacial score (nSPS) is 9.45. The van der Waals surface area contributed by atoms with Gasteiger partial charge in [0, 0.05) is 5.69 Å². The minimum Gasteiger partial charge on any atom is -0.399 e. The van der Waals surface area contributed by atoms with E-state index in [9.17, 15) is 0 Å². The van der Waals surface area contributed by atoms with Crippen LogP contribution in [0, 0.1) is 6.92 Å². The monoisotopic (exact) mass is 269 g/mol. The zero-order valence-electron chi connectivity index (χ0n) is 12.9. The molecule has 0 unspecified atom stereocenters. The summed E-state index contributed by atoms with van der Waals surface area (Å²) in [6, 6.07) is 11.7. The van der Waals surface area contributed by atoms with E-state index in [0.717, 1.165) is 22.1 Å². The molecule has 0 atom stereocenters. The molecule has 0 amide bonds. The summed E-state index contributed by atoms with van der Waals surface area (Å²) in [5.74, 6) is 0. The minimum absolute atomic E-state index is 0.716. The lowest BCUT2D eigenvalue weighted by Gasteiger charge is -2.02. The van der Waals surface area contributed by atoms with Gasteiger partial charge in [-0.1, -0.05) is 33.8 Å². The SMILES string of the molecule is CC.CC.Cc1ccc2nc3cc(N)ccc3nc2c1. The number of benzene rings is 2. The highest BCUT2D eigenvalue weighted by Crippen LogP contribution is 2.18. The predicted molar refractivity (Wildman–Crippen MR) is 88.9 cm³/mol. The lowest BCUT2D eigenvalue weighted by molar-refractivity contribution is 1.37. The van der Waals surface area contributed by atoms with Crippen LogP contribution in [0.4, 0.5) is 5.69 Å². The van der Waals surface area contributed by atoms with Crippen LogP contribution in [0.3, 0.4) is 0 Å². The first-order chi connectivity index (χ1) is 9.72. The molecule has 3 rings (SSSR count). The zero-order chi connectivity index (χ0) is 15.1. The standard InChI is InChI=1S/C13H11N3.2C2H6/c1-8-2-4-10-12(6-8)15-11-5-3-9(14)7-13(11)16-10;2*1-2/h2-7H,14H2,1H3;2*1-2H3. The second-order valence-corrected chi connectivity index (χ2v) is 3.96. The predicted octanol–water partition coefficient (Wildman–Crippen LogP) is 4.73. The third-order valence-electron chi connectivity index (χ3n) is 2.61. The summed E-state index contributed by atoms with van der Waals surface area (Å²) in [7, 11) is 0. The van der Waals surface area contributed by atoms with Crippen LogP contribution in [-0.2, 0) is 0 Å². The highest BCUT2D eigenvalue weighted by atomic mass is 14.8. The smallest absolute Gasteiger partial charge is 0.0915 e. The lowest BCUT2D eigenvalue weighted by atomic mass is 10.2. The first-order valence-corrected chi connectivity index (χ1v) is 7.16. The molecule has 0 saturated carbocycles. The van der Waals surface area contributed by atoms with E-state index >= 15 is 0 Å². The molecule has 0 aliphatic rings. The Bertz CT molecular complexity index is 629. The van der Waals surface area contributed by atoms with Crippen molar-refractivity contribution in [1.82, 2.24) is 9.97 Å². The Morgan fingerprint density at radius 2 is 1.20 bits per heavy atom. The van der Waals surface area contributed by atoms with Crippen LogP contribution in [0.2, 0.25) is 0 Å². The Morgan fingerprint density at radius 3 is 1.80 bits per heavy atom. The van der Waals surface area contributed by atoms with Crippen molar-refractivity contribution >= 4 is 27.8 Å². The molecule has 0 aliphatic carbocycles. The number of nitrogens with zero attached hydrogens (tertiary/aromatic N) is 2. The van der Waals surface area contributed by atoms with E-state index < -0.39 is 0 Å². The molecule has 0 radical (unpaired) electrons. The van der Waals surface area contributed by atoms with Crippen molar-refractivity contribution in [1.29, 1.82) is 0 Å². The Kier molecular flexibility index (Phi) is 5.91. The van der Waals surface area contributed by atoms with Crippen LogP contribution < -0.4 is 5.73 Å². The fraction of sp³-hybridized carbons (Fsp3) is 0.294. The van der Waals surface area contributed by atoms with Crippen molar-refractivity contribution in [2.75, 3.05) is 5.73 Å². The van der Waals surface area contributed by atoms with Gasteiger partial charge in [0.25, 0.3) is 0 Å². The molecule has 2 aromatic carbocycles. The second kappa shape index (κ2) is 7.43. The van der Waals surface area contributed by atoms with E-state index in [1.807, 2.05) is 71.0 Å². The summed E-state index contributed by atoms with van der Waals surface area (Å²) >= 11 is 0. The van der Waals surface area contributed by atoms with Gasteiger partial charge in [-0.2, -0.15) is 0 Å². The van der Waals surface area contributed by atoms with Crippen molar-refractivity contribution in [3.8, 4) is 0 Å². The van der Waals surface area contributed by atoms with Crippen molar-refractivity contribution in [2.45, 2.75) is 34.6 Å². The quantitative estimate of drug-likeness (QED) is 0.474. The van der Waals surface area contributed by atoms with E-state index in [2.05, 4.69) is 9.97 Å². The number of fused-ring (bicyclic) bond motifs is 2. The van der Waals surface area contributed by atoms with Crippen molar-refractivity contribution in [3.05, 3.63) is 42.0 Å². The molecular weight excluding hydrogens is 246 g/mol.